The minimum absolute atomic E-state index is 0.207. The lowest BCUT2D eigenvalue weighted by atomic mass is 10.1. The Balaban J connectivity index is 1.70. The normalized spacial score (nSPS) is 12.6. The Kier molecular flexibility index (Phi) is 7.46. The largest absolute Gasteiger partial charge is 0.268 e. The summed E-state index contributed by atoms with van der Waals surface area (Å²) in [5.74, 6) is 0.369. The minimum atomic E-state index is -3.93. The predicted octanol–water partition coefficient (Wildman–Crippen LogP) is 6.00. The van der Waals surface area contributed by atoms with Gasteiger partial charge in [-0.2, -0.15) is 4.31 Å². The lowest BCUT2D eigenvalue weighted by Crippen LogP contribution is -2.38. The summed E-state index contributed by atoms with van der Waals surface area (Å²) in [6.07, 6.45) is 0.512. The van der Waals surface area contributed by atoms with Crippen LogP contribution in [0.4, 0.5) is 0 Å². The maximum absolute atomic E-state index is 14.1. The maximum atomic E-state index is 14.1. The Morgan fingerprint density at radius 3 is 2.23 bits per heavy atom. The number of aryl methyl sites for hydroxylation is 2. The number of para-hydroxylation sites is 1. The standard InChI is InChI=1S/C32H31N3O3S/c1-23-16-18-28(19-17-23)39(37,38)34(21-20-26-11-5-4-6-12-26)25(3)31-33-30-15-8-7-14-29(30)32(36)35(31)27-13-9-10-24(2)22-27/h4-19,22,25H,20-21H2,1-3H3. The molecule has 5 rings (SSSR count). The Hall–Kier alpha value is -4.07. The zero-order valence-corrected chi connectivity index (χ0v) is 23.1. The molecule has 0 saturated heterocycles. The fourth-order valence-corrected chi connectivity index (χ4v) is 6.42. The summed E-state index contributed by atoms with van der Waals surface area (Å²) in [6.45, 7) is 5.91. The number of fused-ring (bicyclic) bond motifs is 1. The molecule has 4 aromatic carbocycles. The highest BCUT2D eigenvalue weighted by Crippen LogP contribution is 2.29. The number of rotatable bonds is 8. The van der Waals surface area contributed by atoms with Gasteiger partial charge in [-0.1, -0.05) is 72.3 Å². The predicted molar refractivity (Wildman–Crippen MR) is 156 cm³/mol. The van der Waals surface area contributed by atoms with Gasteiger partial charge in [0.15, 0.2) is 0 Å². The van der Waals surface area contributed by atoms with Crippen LogP contribution in [0.1, 0.15) is 35.5 Å². The highest BCUT2D eigenvalue weighted by atomic mass is 32.2. The molecule has 0 radical (unpaired) electrons. The van der Waals surface area contributed by atoms with Gasteiger partial charge in [-0.3, -0.25) is 9.36 Å². The zero-order chi connectivity index (χ0) is 27.6. The monoisotopic (exact) mass is 537 g/mol. The molecule has 1 atom stereocenters. The van der Waals surface area contributed by atoms with Gasteiger partial charge in [-0.15, -0.1) is 0 Å². The van der Waals surface area contributed by atoms with Crippen LogP contribution in [0.5, 0.6) is 0 Å². The molecule has 0 bridgehead atoms. The van der Waals surface area contributed by atoms with Crippen LogP contribution >= 0.6 is 0 Å². The van der Waals surface area contributed by atoms with Crippen molar-refractivity contribution >= 4 is 20.9 Å². The lowest BCUT2D eigenvalue weighted by Gasteiger charge is -2.30. The molecule has 0 N–H and O–H groups in total. The summed E-state index contributed by atoms with van der Waals surface area (Å²) in [4.78, 5) is 19.0. The van der Waals surface area contributed by atoms with E-state index in [1.165, 1.54) is 4.31 Å². The average Bonchev–Trinajstić information content (AvgIpc) is 2.93. The molecule has 198 valence electrons. The molecule has 1 unspecified atom stereocenters. The number of benzene rings is 4. The van der Waals surface area contributed by atoms with Crippen LogP contribution in [-0.4, -0.2) is 28.8 Å². The van der Waals surface area contributed by atoms with Crippen LogP contribution in [0.3, 0.4) is 0 Å². The third-order valence-electron chi connectivity index (χ3n) is 6.96. The van der Waals surface area contributed by atoms with Gasteiger partial charge in [-0.05, 0) is 74.7 Å². The van der Waals surface area contributed by atoms with E-state index in [4.69, 9.17) is 4.98 Å². The summed E-state index contributed by atoms with van der Waals surface area (Å²) in [5, 5.41) is 0.479. The van der Waals surface area contributed by atoms with Gasteiger partial charge in [0.05, 0.1) is 27.5 Å². The van der Waals surface area contributed by atoms with E-state index >= 15 is 0 Å². The van der Waals surface area contributed by atoms with Crippen LogP contribution in [-0.2, 0) is 16.4 Å². The van der Waals surface area contributed by atoms with Crippen molar-refractivity contribution in [2.45, 2.75) is 38.1 Å². The van der Waals surface area contributed by atoms with Gasteiger partial charge in [-0.25, -0.2) is 13.4 Å². The van der Waals surface area contributed by atoms with Gasteiger partial charge in [0.1, 0.15) is 5.82 Å². The first-order valence-electron chi connectivity index (χ1n) is 13.0. The van der Waals surface area contributed by atoms with Crippen LogP contribution < -0.4 is 5.56 Å². The van der Waals surface area contributed by atoms with E-state index in [2.05, 4.69) is 0 Å². The highest BCUT2D eigenvalue weighted by molar-refractivity contribution is 7.89. The van der Waals surface area contributed by atoms with Crippen LogP contribution in [0, 0.1) is 13.8 Å². The molecule has 0 spiro atoms. The van der Waals surface area contributed by atoms with E-state index in [1.54, 1.807) is 47.9 Å². The summed E-state index contributed by atoms with van der Waals surface area (Å²) in [7, 11) is -3.93. The van der Waals surface area contributed by atoms with E-state index in [0.717, 1.165) is 16.7 Å². The fourth-order valence-electron chi connectivity index (χ4n) is 4.83. The first kappa shape index (κ1) is 26.5. The van der Waals surface area contributed by atoms with E-state index in [9.17, 15) is 13.2 Å². The van der Waals surface area contributed by atoms with Gasteiger partial charge >= 0.3 is 0 Å². The smallest absolute Gasteiger partial charge is 0.266 e. The summed E-state index contributed by atoms with van der Waals surface area (Å²) >= 11 is 0. The highest BCUT2D eigenvalue weighted by Gasteiger charge is 2.33. The Morgan fingerprint density at radius 2 is 1.51 bits per heavy atom. The number of hydrogen-bond donors (Lipinski definition) is 0. The van der Waals surface area contributed by atoms with Gasteiger partial charge < -0.3 is 0 Å². The van der Waals surface area contributed by atoms with Crippen molar-refractivity contribution in [3.8, 4) is 5.69 Å². The van der Waals surface area contributed by atoms with Crippen molar-refractivity contribution in [1.29, 1.82) is 0 Å². The Bertz CT molecular complexity index is 1780. The second-order valence-corrected chi connectivity index (χ2v) is 11.7. The molecule has 1 aromatic heterocycles. The SMILES string of the molecule is Cc1ccc(S(=O)(=O)N(CCc2ccccc2)C(C)c2nc3ccccc3c(=O)n2-c2cccc(C)c2)cc1. The summed E-state index contributed by atoms with van der Waals surface area (Å²) < 4.78 is 31.3. The summed E-state index contributed by atoms with van der Waals surface area (Å²) in [5.41, 5.74) is 3.93. The van der Waals surface area contributed by atoms with Gasteiger partial charge in [0, 0.05) is 6.54 Å². The molecule has 6 nitrogen and oxygen atoms in total. The number of sulfonamides is 1. The molecule has 0 saturated carbocycles. The van der Waals surface area contributed by atoms with E-state index < -0.39 is 16.1 Å². The van der Waals surface area contributed by atoms with Crippen LogP contribution in [0.25, 0.3) is 16.6 Å². The molecule has 0 aliphatic heterocycles. The van der Waals surface area contributed by atoms with Crippen LogP contribution in [0.2, 0.25) is 0 Å². The molecule has 0 amide bonds. The molecule has 0 aliphatic carbocycles. The molecule has 7 heteroatoms. The quantitative estimate of drug-likeness (QED) is 0.244. The van der Waals surface area contributed by atoms with Crippen LogP contribution in [0.15, 0.2) is 113 Å². The topological polar surface area (TPSA) is 72.3 Å². The number of nitrogens with zero attached hydrogens (tertiary/aromatic N) is 3. The first-order chi connectivity index (χ1) is 18.8. The molecule has 39 heavy (non-hydrogen) atoms. The Labute approximate surface area is 229 Å². The van der Waals surface area contributed by atoms with Crippen molar-refractivity contribution in [3.05, 3.63) is 136 Å². The molecule has 0 aliphatic rings. The third kappa shape index (κ3) is 5.41. The zero-order valence-electron chi connectivity index (χ0n) is 22.3. The molecule has 5 aromatic rings. The first-order valence-corrected chi connectivity index (χ1v) is 14.4. The van der Waals surface area contributed by atoms with Crippen molar-refractivity contribution in [2.24, 2.45) is 0 Å². The van der Waals surface area contributed by atoms with Crippen molar-refractivity contribution in [3.63, 3.8) is 0 Å². The van der Waals surface area contributed by atoms with Crippen molar-refractivity contribution < 1.29 is 8.42 Å². The van der Waals surface area contributed by atoms with Crippen molar-refractivity contribution in [2.75, 3.05) is 6.54 Å². The Morgan fingerprint density at radius 1 is 0.821 bits per heavy atom. The lowest BCUT2D eigenvalue weighted by molar-refractivity contribution is 0.330. The molecular weight excluding hydrogens is 506 g/mol. The second kappa shape index (κ2) is 11.0. The minimum Gasteiger partial charge on any atom is -0.268 e. The second-order valence-electron chi connectivity index (χ2n) is 9.81. The van der Waals surface area contributed by atoms with Gasteiger partial charge in [0.25, 0.3) is 5.56 Å². The summed E-state index contributed by atoms with van der Waals surface area (Å²) in [6, 6.07) is 30.7. The van der Waals surface area contributed by atoms with E-state index in [0.29, 0.717) is 28.8 Å². The van der Waals surface area contributed by atoms with Crippen molar-refractivity contribution in [1.82, 2.24) is 13.9 Å². The molecular formula is C32H31N3O3S. The molecule has 1 heterocycles. The average molecular weight is 538 g/mol. The van der Waals surface area contributed by atoms with Gasteiger partial charge in [0.2, 0.25) is 10.0 Å². The third-order valence-corrected chi connectivity index (χ3v) is 8.94. The number of hydrogen-bond acceptors (Lipinski definition) is 4. The molecule has 0 fully saturated rings. The maximum Gasteiger partial charge on any atom is 0.266 e. The van der Waals surface area contributed by atoms with E-state index in [-0.39, 0.29) is 17.0 Å². The fraction of sp³-hybridized carbons (Fsp3) is 0.188. The number of aromatic nitrogens is 2. The van der Waals surface area contributed by atoms with E-state index in [1.807, 2.05) is 80.6 Å².